The third-order valence-electron chi connectivity index (χ3n) is 1.90. The number of aryl methyl sites for hydroxylation is 1. The minimum Gasteiger partial charge on any atom is -0.310 e. The standard InChI is InChI=1S/C11H15IN2O/c1-7(2)4-10(15)14-11-8(3)5-9(12)6-13-11/h5-7H,4H2,1-3H3,(H,13,14,15). The molecule has 1 N–H and O–H groups in total. The maximum atomic E-state index is 11.5. The minimum atomic E-state index is 0.0295. The van der Waals surface area contributed by atoms with Crippen LogP contribution in [-0.4, -0.2) is 10.9 Å². The Kier molecular flexibility index (Phi) is 4.50. The molecule has 0 saturated heterocycles. The Labute approximate surface area is 104 Å². The number of hydrogen-bond donors (Lipinski definition) is 1. The molecule has 0 bridgehead atoms. The summed E-state index contributed by atoms with van der Waals surface area (Å²) in [4.78, 5) is 15.7. The molecule has 15 heavy (non-hydrogen) atoms. The van der Waals surface area contributed by atoms with Crippen molar-refractivity contribution >= 4 is 34.3 Å². The van der Waals surface area contributed by atoms with Crippen LogP contribution in [0.2, 0.25) is 0 Å². The van der Waals surface area contributed by atoms with E-state index in [4.69, 9.17) is 0 Å². The number of pyridine rings is 1. The topological polar surface area (TPSA) is 42.0 Å². The Hall–Kier alpha value is -0.650. The van der Waals surface area contributed by atoms with Gasteiger partial charge in [0.25, 0.3) is 0 Å². The second-order valence-corrected chi connectivity index (χ2v) is 5.21. The molecule has 0 aromatic carbocycles. The predicted octanol–water partition coefficient (Wildman–Crippen LogP) is 2.98. The highest BCUT2D eigenvalue weighted by Gasteiger charge is 2.07. The van der Waals surface area contributed by atoms with Crippen LogP contribution in [0.3, 0.4) is 0 Å². The molecule has 0 aliphatic rings. The fraction of sp³-hybridized carbons (Fsp3) is 0.455. The Balaban J connectivity index is 2.68. The highest BCUT2D eigenvalue weighted by atomic mass is 127. The quantitative estimate of drug-likeness (QED) is 0.871. The molecular weight excluding hydrogens is 303 g/mol. The summed E-state index contributed by atoms with van der Waals surface area (Å²) < 4.78 is 1.08. The van der Waals surface area contributed by atoms with Gasteiger partial charge < -0.3 is 5.32 Å². The lowest BCUT2D eigenvalue weighted by Crippen LogP contribution is -2.15. The van der Waals surface area contributed by atoms with Crippen molar-refractivity contribution in [1.29, 1.82) is 0 Å². The minimum absolute atomic E-state index is 0.0295. The lowest BCUT2D eigenvalue weighted by molar-refractivity contribution is -0.116. The zero-order valence-corrected chi connectivity index (χ0v) is 11.3. The van der Waals surface area contributed by atoms with Crippen molar-refractivity contribution in [3.05, 3.63) is 21.4 Å². The first-order valence-corrected chi connectivity index (χ1v) is 5.99. The number of hydrogen-bond acceptors (Lipinski definition) is 2. The van der Waals surface area contributed by atoms with Gasteiger partial charge in [0.15, 0.2) is 0 Å². The first-order valence-electron chi connectivity index (χ1n) is 4.91. The normalized spacial score (nSPS) is 10.5. The first kappa shape index (κ1) is 12.4. The van der Waals surface area contributed by atoms with Crippen molar-refractivity contribution in [3.63, 3.8) is 0 Å². The molecule has 1 aromatic rings. The number of halogens is 1. The highest BCUT2D eigenvalue weighted by Crippen LogP contribution is 2.14. The third kappa shape index (κ3) is 4.15. The van der Waals surface area contributed by atoms with Gasteiger partial charge in [0.2, 0.25) is 5.91 Å². The molecule has 0 radical (unpaired) electrons. The average molecular weight is 318 g/mol. The van der Waals surface area contributed by atoms with E-state index in [0.717, 1.165) is 9.13 Å². The summed E-state index contributed by atoms with van der Waals surface area (Å²) in [6.07, 6.45) is 2.28. The van der Waals surface area contributed by atoms with E-state index in [2.05, 4.69) is 32.9 Å². The number of nitrogens with one attached hydrogen (secondary N) is 1. The van der Waals surface area contributed by atoms with Crippen molar-refractivity contribution < 1.29 is 4.79 Å². The van der Waals surface area contributed by atoms with Crippen molar-refractivity contribution in [2.24, 2.45) is 5.92 Å². The summed E-state index contributed by atoms with van der Waals surface area (Å²) in [5, 5.41) is 2.82. The summed E-state index contributed by atoms with van der Waals surface area (Å²) in [5.41, 5.74) is 0.999. The van der Waals surface area contributed by atoms with Gasteiger partial charge in [-0.05, 0) is 47.1 Å². The molecule has 0 aliphatic carbocycles. The molecule has 1 amide bonds. The van der Waals surface area contributed by atoms with Crippen LogP contribution in [0.5, 0.6) is 0 Å². The summed E-state index contributed by atoms with van der Waals surface area (Å²) in [6, 6.07) is 2.00. The first-order chi connectivity index (χ1) is 6.99. The van der Waals surface area contributed by atoms with E-state index in [1.807, 2.05) is 26.8 Å². The van der Waals surface area contributed by atoms with Gasteiger partial charge in [-0.3, -0.25) is 4.79 Å². The highest BCUT2D eigenvalue weighted by molar-refractivity contribution is 14.1. The number of anilines is 1. The van der Waals surface area contributed by atoms with Crippen LogP contribution in [0, 0.1) is 16.4 Å². The molecule has 0 spiro atoms. The fourth-order valence-electron chi connectivity index (χ4n) is 1.23. The number of amides is 1. The van der Waals surface area contributed by atoms with Gasteiger partial charge in [-0.2, -0.15) is 0 Å². The number of carbonyl (C=O) groups is 1. The maximum Gasteiger partial charge on any atom is 0.225 e. The van der Waals surface area contributed by atoms with Crippen molar-refractivity contribution in [2.45, 2.75) is 27.2 Å². The molecule has 1 aromatic heterocycles. The van der Waals surface area contributed by atoms with E-state index in [1.165, 1.54) is 0 Å². The molecule has 4 heteroatoms. The van der Waals surface area contributed by atoms with E-state index in [0.29, 0.717) is 18.2 Å². The van der Waals surface area contributed by atoms with Gasteiger partial charge >= 0.3 is 0 Å². The molecule has 1 heterocycles. The number of carbonyl (C=O) groups excluding carboxylic acids is 1. The van der Waals surface area contributed by atoms with Crippen LogP contribution in [0.15, 0.2) is 12.3 Å². The Morgan fingerprint density at radius 1 is 1.60 bits per heavy atom. The lowest BCUT2D eigenvalue weighted by atomic mass is 10.1. The molecule has 3 nitrogen and oxygen atoms in total. The van der Waals surface area contributed by atoms with Crippen LogP contribution in [-0.2, 0) is 4.79 Å². The SMILES string of the molecule is Cc1cc(I)cnc1NC(=O)CC(C)C. The molecule has 82 valence electrons. The summed E-state index contributed by atoms with van der Waals surface area (Å²) >= 11 is 2.20. The van der Waals surface area contributed by atoms with Gasteiger partial charge in [0.05, 0.1) is 0 Å². The van der Waals surface area contributed by atoms with Crippen LogP contribution >= 0.6 is 22.6 Å². The summed E-state index contributed by atoms with van der Waals surface area (Å²) in [5.74, 6) is 1.07. The number of rotatable bonds is 3. The molecule has 0 saturated carbocycles. The van der Waals surface area contributed by atoms with Crippen LogP contribution in [0.25, 0.3) is 0 Å². The Morgan fingerprint density at radius 2 is 2.27 bits per heavy atom. The predicted molar refractivity (Wildman–Crippen MR) is 69.8 cm³/mol. The largest absolute Gasteiger partial charge is 0.310 e. The van der Waals surface area contributed by atoms with E-state index < -0.39 is 0 Å². The molecule has 0 fully saturated rings. The molecular formula is C11H15IN2O. The summed E-state index contributed by atoms with van der Waals surface area (Å²) in [7, 11) is 0. The van der Waals surface area contributed by atoms with Gasteiger partial charge in [-0.1, -0.05) is 13.8 Å². The monoisotopic (exact) mass is 318 g/mol. The smallest absolute Gasteiger partial charge is 0.225 e. The van der Waals surface area contributed by atoms with Crippen LogP contribution in [0.1, 0.15) is 25.8 Å². The maximum absolute atomic E-state index is 11.5. The zero-order valence-electron chi connectivity index (χ0n) is 9.17. The third-order valence-corrected chi connectivity index (χ3v) is 2.49. The average Bonchev–Trinajstić information content (AvgIpc) is 2.08. The zero-order chi connectivity index (χ0) is 11.4. The Bertz CT molecular complexity index is 364. The van der Waals surface area contributed by atoms with E-state index in [9.17, 15) is 4.79 Å². The lowest BCUT2D eigenvalue weighted by Gasteiger charge is -2.08. The van der Waals surface area contributed by atoms with E-state index in [-0.39, 0.29) is 5.91 Å². The molecule has 0 atom stereocenters. The van der Waals surface area contributed by atoms with Gasteiger partial charge in [0, 0.05) is 16.2 Å². The van der Waals surface area contributed by atoms with Crippen molar-refractivity contribution in [3.8, 4) is 0 Å². The Morgan fingerprint density at radius 3 is 2.80 bits per heavy atom. The van der Waals surface area contributed by atoms with E-state index >= 15 is 0 Å². The second kappa shape index (κ2) is 5.44. The molecule has 1 rings (SSSR count). The van der Waals surface area contributed by atoms with Crippen LogP contribution in [0.4, 0.5) is 5.82 Å². The van der Waals surface area contributed by atoms with Crippen molar-refractivity contribution in [1.82, 2.24) is 4.98 Å². The number of aromatic nitrogens is 1. The van der Waals surface area contributed by atoms with Gasteiger partial charge in [-0.25, -0.2) is 4.98 Å². The van der Waals surface area contributed by atoms with Crippen LogP contribution < -0.4 is 5.32 Å². The van der Waals surface area contributed by atoms with Gasteiger partial charge in [-0.15, -0.1) is 0 Å². The fourth-order valence-corrected chi connectivity index (χ4v) is 1.83. The molecule has 0 aliphatic heterocycles. The van der Waals surface area contributed by atoms with Gasteiger partial charge in [0.1, 0.15) is 5.82 Å². The van der Waals surface area contributed by atoms with Crippen molar-refractivity contribution in [2.75, 3.05) is 5.32 Å². The second-order valence-electron chi connectivity index (χ2n) is 3.97. The van der Waals surface area contributed by atoms with E-state index in [1.54, 1.807) is 6.20 Å². The molecule has 0 unspecified atom stereocenters. The number of nitrogens with zero attached hydrogens (tertiary/aromatic N) is 1. The summed E-state index contributed by atoms with van der Waals surface area (Å²) in [6.45, 7) is 5.99.